The number of amides is 1. The maximum Gasteiger partial charge on any atom is 0.254 e. The van der Waals surface area contributed by atoms with Crippen LogP contribution in [0.1, 0.15) is 27.2 Å². The van der Waals surface area contributed by atoms with E-state index in [1.165, 1.54) is 12.1 Å². The van der Waals surface area contributed by atoms with Crippen LogP contribution in [0.2, 0.25) is 0 Å². The molecule has 26 heavy (non-hydrogen) atoms. The molecule has 1 amide bonds. The molecule has 5 nitrogen and oxygen atoms in total. The van der Waals surface area contributed by atoms with Crippen molar-refractivity contribution in [2.75, 3.05) is 6.54 Å². The van der Waals surface area contributed by atoms with Crippen molar-refractivity contribution in [2.24, 2.45) is 0 Å². The highest BCUT2D eigenvalue weighted by Crippen LogP contribution is 2.30. The lowest BCUT2D eigenvalue weighted by Crippen LogP contribution is -2.36. The van der Waals surface area contributed by atoms with Gasteiger partial charge in [0.05, 0.1) is 18.2 Å². The maximum atomic E-state index is 13.1. The quantitative estimate of drug-likeness (QED) is 0.711. The van der Waals surface area contributed by atoms with Crippen LogP contribution in [0.15, 0.2) is 53.1 Å². The zero-order valence-electron chi connectivity index (χ0n) is 13.8. The number of carbonyl (C=O) groups excluding carboxylic acids is 1. The van der Waals surface area contributed by atoms with Gasteiger partial charge < -0.3 is 9.42 Å². The normalized spacial score (nSPS) is 13.2. The summed E-state index contributed by atoms with van der Waals surface area (Å²) >= 11 is 0. The zero-order valence-corrected chi connectivity index (χ0v) is 13.8. The van der Waals surface area contributed by atoms with E-state index in [4.69, 9.17) is 9.78 Å². The Bertz CT molecular complexity index is 1020. The van der Waals surface area contributed by atoms with Gasteiger partial charge in [-0.3, -0.25) is 4.79 Å². The van der Waals surface area contributed by atoms with Gasteiger partial charge in [-0.05, 0) is 48.9 Å². The first-order valence-electron chi connectivity index (χ1n) is 8.18. The van der Waals surface area contributed by atoms with Gasteiger partial charge in [0.2, 0.25) is 0 Å². The van der Waals surface area contributed by atoms with Crippen LogP contribution in [0, 0.1) is 17.1 Å². The lowest BCUT2D eigenvalue weighted by Gasteiger charge is -2.26. The summed E-state index contributed by atoms with van der Waals surface area (Å²) in [7, 11) is 0. The highest BCUT2D eigenvalue weighted by Gasteiger charge is 2.27. The third kappa shape index (κ3) is 2.84. The van der Waals surface area contributed by atoms with Crippen molar-refractivity contribution in [1.29, 1.82) is 5.26 Å². The molecule has 0 aliphatic carbocycles. The summed E-state index contributed by atoms with van der Waals surface area (Å²) in [6.45, 7) is 0.869. The third-order valence-electron chi connectivity index (χ3n) is 4.47. The lowest BCUT2D eigenvalue weighted by atomic mass is 10.00. The minimum Gasteiger partial charge on any atom is -0.356 e. The van der Waals surface area contributed by atoms with E-state index < -0.39 is 0 Å². The molecule has 0 atom stereocenters. The summed E-state index contributed by atoms with van der Waals surface area (Å²) in [5.41, 5.74) is 3.36. The fourth-order valence-corrected chi connectivity index (χ4v) is 3.14. The summed E-state index contributed by atoms with van der Waals surface area (Å²) < 4.78 is 18.6. The highest BCUT2D eigenvalue weighted by atomic mass is 19.1. The molecule has 128 valence electrons. The van der Waals surface area contributed by atoms with Gasteiger partial charge >= 0.3 is 0 Å². The van der Waals surface area contributed by atoms with Crippen LogP contribution in [0.3, 0.4) is 0 Å². The van der Waals surface area contributed by atoms with E-state index >= 15 is 0 Å². The van der Waals surface area contributed by atoms with Gasteiger partial charge in [-0.25, -0.2) is 4.39 Å². The van der Waals surface area contributed by atoms with Crippen molar-refractivity contribution in [3.8, 4) is 17.4 Å². The number of hydrogen-bond acceptors (Lipinski definition) is 4. The van der Waals surface area contributed by atoms with E-state index in [1.807, 2.05) is 6.07 Å². The van der Waals surface area contributed by atoms with Crippen LogP contribution < -0.4 is 0 Å². The predicted molar refractivity (Wildman–Crippen MR) is 91.5 cm³/mol. The molecule has 0 N–H and O–H groups in total. The number of halogens is 1. The molecule has 0 fully saturated rings. The van der Waals surface area contributed by atoms with Crippen LogP contribution in [0.5, 0.6) is 0 Å². The second-order valence-electron chi connectivity index (χ2n) is 6.11. The average Bonchev–Trinajstić information content (AvgIpc) is 3.11. The van der Waals surface area contributed by atoms with Crippen molar-refractivity contribution in [1.82, 2.24) is 10.1 Å². The highest BCUT2D eigenvalue weighted by molar-refractivity contribution is 5.94. The Morgan fingerprint density at radius 1 is 1.23 bits per heavy atom. The van der Waals surface area contributed by atoms with Gasteiger partial charge in [0, 0.05) is 23.2 Å². The second-order valence-corrected chi connectivity index (χ2v) is 6.11. The van der Waals surface area contributed by atoms with E-state index in [2.05, 4.69) is 5.16 Å². The molecule has 4 rings (SSSR count). The number of rotatable bonds is 2. The largest absolute Gasteiger partial charge is 0.356 e. The summed E-state index contributed by atoms with van der Waals surface area (Å²) in [6.07, 6.45) is 0.606. The van der Waals surface area contributed by atoms with Gasteiger partial charge in [-0.1, -0.05) is 11.2 Å². The molecule has 6 heteroatoms. The number of hydrogen-bond donors (Lipinski definition) is 0. The van der Waals surface area contributed by atoms with E-state index in [-0.39, 0.29) is 11.7 Å². The minimum absolute atomic E-state index is 0.140. The molecule has 0 bridgehead atoms. The maximum absolute atomic E-state index is 13.1. The summed E-state index contributed by atoms with van der Waals surface area (Å²) in [5, 5.41) is 13.1. The Balaban J connectivity index is 1.58. The van der Waals surface area contributed by atoms with E-state index in [1.54, 1.807) is 41.3 Å². The van der Waals surface area contributed by atoms with Crippen molar-refractivity contribution in [3.05, 3.63) is 76.7 Å². The van der Waals surface area contributed by atoms with E-state index in [9.17, 15) is 9.18 Å². The molecule has 2 heterocycles. The van der Waals surface area contributed by atoms with Gasteiger partial charge in [0.25, 0.3) is 5.91 Å². The molecule has 0 radical (unpaired) electrons. The van der Waals surface area contributed by atoms with E-state index in [0.29, 0.717) is 42.1 Å². The minimum atomic E-state index is -0.307. The van der Waals surface area contributed by atoms with Gasteiger partial charge in [-0.15, -0.1) is 0 Å². The van der Waals surface area contributed by atoms with Crippen LogP contribution >= 0.6 is 0 Å². The predicted octanol–water partition coefficient (Wildman–Crippen LogP) is 3.55. The summed E-state index contributed by atoms with van der Waals surface area (Å²) in [4.78, 5) is 14.4. The number of nitrogens with zero attached hydrogens (tertiary/aromatic N) is 3. The Morgan fingerprint density at radius 2 is 2.04 bits per heavy atom. The fraction of sp³-hybridized carbons (Fsp3) is 0.150. The first-order valence-corrected chi connectivity index (χ1v) is 8.18. The smallest absolute Gasteiger partial charge is 0.254 e. The number of nitriles is 1. The Labute approximate surface area is 149 Å². The Morgan fingerprint density at radius 3 is 2.81 bits per heavy atom. The molecule has 1 aliphatic heterocycles. The number of benzene rings is 2. The lowest BCUT2D eigenvalue weighted by molar-refractivity contribution is 0.0731. The Kier molecular flexibility index (Phi) is 3.98. The topological polar surface area (TPSA) is 70.1 Å². The third-order valence-corrected chi connectivity index (χ3v) is 4.47. The average molecular weight is 347 g/mol. The molecular weight excluding hydrogens is 333 g/mol. The molecule has 0 saturated carbocycles. The zero-order chi connectivity index (χ0) is 18.1. The summed E-state index contributed by atoms with van der Waals surface area (Å²) in [6, 6.07) is 14.8. The van der Waals surface area contributed by atoms with Gasteiger partial charge in [0.1, 0.15) is 11.5 Å². The van der Waals surface area contributed by atoms with Crippen LogP contribution in [0.25, 0.3) is 11.3 Å². The van der Waals surface area contributed by atoms with Crippen molar-refractivity contribution in [2.45, 2.75) is 13.0 Å². The number of aromatic nitrogens is 1. The van der Waals surface area contributed by atoms with Gasteiger partial charge in [-0.2, -0.15) is 5.26 Å². The van der Waals surface area contributed by atoms with E-state index in [0.717, 1.165) is 11.1 Å². The van der Waals surface area contributed by atoms with Crippen molar-refractivity contribution < 1.29 is 13.7 Å². The molecule has 0 saturated heterocycles. The number of carbonyl (C=O) groups is 1. The second kappa shape index (κ2) is 6.45. The molecule has 0 unspecified atom stereocenters. The molecule has 0 spiro atoms. The first kappa shape index (κ1) is 16.0. The van der Waals surface area contributed by atoms with Gasteiger partial charge in [0.15, 0.2) is 5.76 Å². The number of fused-ring (bicyclic) bond motifs is 1. The fourth-order valence-electron chi connectivity index (χ4n) is 3.14. The standard InChI is InChI=1S/C20H14FN3O2/c21-16-6-4-14(5-7-16)19-17-8-9-24(12-18(17)23-26-19)20(25)15-3-1-2-13(10-15)11-22/h1-7,10H,8-9,12H2. The monoisotopic (exact) mass is 347 g/mol. The first-order chi connectivity index (χ1) is 12.7. The van der Waals surface area contributed by atoms with Crippen molar-refractivity contribution >= 4 is 5.91 Å². The molecular formula is C20H14FN3O2. The molecule has 2 aromatic carbocycles. The van der Waals surface area contributed by atoms with Crippen LogP contribution in [-0.4, -0.2) is 22.5 Å². The van der Waals surface area contributed by atoms with Crippen LogP contribution in [0.4, 0.5) is 4.39 Å². The Hall–Kier alpha value is -3.46. The van der Waals surface area contributed by atoms with Crippen LogP contribution in [-0.2, 0) is 13.0 Å². The SMILES string of the molecule is N#Cc1cccc(C(=O)N2CCc3c(noc3-c3ccc(F)cc3)C2)c1. The molecule has 1 aromatic heterocycles. The van der Waals surface area contributed by atoms with Crippen molar-refractivity contribution in [3.63, 3.8) is 0 Å². The molecule has 3 aromatic rings. The molecule has 1 aliphatic rings. The summed E-state index contributed by atoms with van der Waals surface area (Å²) in [5.74, 6) is 0.177.